The van der Waals surface area contributed by atoms with E-state index in [1.807, 2.05) is 19.1 Å². The summed E-state index contributed by atoms with van der Waals surface area (Å²) >= 11 is 0. The quantitative estimate of drug-likeness (QED) is 0.424. The van der Waals surface area contributed by atoms with Gasteiger partial charge in [0, 0.05) is 6.54 Å². The summed E-state index contributed by atoms with van der Waals surface area (Å²) in [5, 5.41) is 40.8. The van der Waals surface area contributed by atoms with E-state index in [0.29, 0.717) is 18.9 Å². The Bertz CT molecular complexity index is 574. The van der Waals surface area contributed by atoms with Crippen molar-refractivity contribution in [3.05, 3.63) is 29.8 Å². The summed E-state index contributed by atoms with van der Waals surface area (Å²) in [7, 11) is 0. The van der Waals surface area contributed by atoms with Crippen molar-refractivity contribution in [1.82, 2.24) is 5.32 Å². The number of para-hydroxylation sites is 1. The molecule has 3 unspecified atom stereocenters. The van der Waals surface area contributed by atoms with Crippen LogP contribution in [-0.2, 0) is 14.3 Å². The molecule has 3 rings (SSSR count). The summed E-state index contributed by atoms with van der Waals surface area (Å²) in [6.07, 6.45) is -6.31. The molecule has 0 aromatic heterocycles. The first kappa shape index (κ1) is 20.6. The molecule has 5 N–H and O–H groups in total. The van der Waals surface area contributed by atoms with Crippen LogP contribution in [0.1, 0.15) is 5.56 Å². The van der Waals surface area contributed by atoms with Crippen LogP contribution in [0.5, 0.6) is 5.75 Å². The monoisotopic (exact) mass is 371 g/mol. The molecule has 1 aromatic rings. The second-order valence-electron chi connectivity index (χ2n) is 5.98. The van der Waals surface area contributed by atoms with Crippen molar-refractivity contribution in [2.24, 2.45) is 0 Å². The largest absolute Gasteiger partial charge is 0.462 e. The minimum absolute atomic E-state index is 0.00810. The van der Waals surface area contributed by atoms with E-state index in [1.165, 1.54) is 0 Å². The number of carbonyl (C=O) groups is 1. The molecule has 0 radical (unpaired) electrons. The fourth-order valence-corrected chi connectivity index (χ4v) is 2.46. The third-order valence-electron chi connectivity index (χ3n) is 3.99. The molecule has 2 fully saturated rings. The van der Waals surface area contributed by atoms with E-state index in [9.17, 15) is 20.1 Å². The summed E-state index contributed by atoms with van der Waals surface area (Å²) < 4.78 is 15.5. The smallest absolute Gasteiger partial charge is 0.246 e. The number of nitrogens with one attached hydrogen (secondary N) is 1. The molecule has 9 nitrogen and oxygen atoms in total. The maximum Gasteiger partial charge on any atom is 0.246 e. The summed E-state index contributed by atoms with van der Waals surface area (Å²) in [5.74, 6) is 0.498. The van der Waals surface area contributed by atoms with Gasteiger partial charge in [-0.1, -0.05) is 18.2 Å². The van der Waals surface area contributed by atoms with Gasteiger partial charge in [-0.25, -0.2) is 0 Å². The molecule has 0 bridgehead atoms. The first-order valence-electron chi connectivity index (χ1n) is 8.31. The Hall–Kier alpha value is -1.75. The first-order valence-corrected chi connectivity index (χ1v) is 8.31. The lowest BCUT2D eigenvalue weighted by atomic mass is 9.99. The van der Waals surface area contributed by atoms with E-state index in [0.717, 1.165) is 5.56 Å². The van der Waals surface area contributed by atoms with Crippen LogP contribution in [-0.4, -0.2) is 83.4 Å². The van der Waals surface area contributed by atoms with Crippen LogP contribution in [0.2, 0.25) is 0 Å². The molecule has 5 atom stereocenters. The number of morpholine rings is 1. The molecule has 146 valence electrons. The van der Waals surface area contributed by atoms with Crippen LogP contribution >= 0.6 is 0 Å². The van der Waals surface area contributed by atoms with Gasteiger partial charge in [0.05, 0.1) is 13.2 Å². The van der Waals surface area contributed by atoms with E-state index in [1.54, 1.807) is 12.1 Å². The lowest BCUT2D eigenvalue weighted by Gasteiger charge is -2.39. The number of benzene rings is 1. The normalized spacial score (nSPS) is 31.4. The van der Waals surface area contributed by atoms with Crippen LogP contribution in [0.15, 0.2) is 24.3 Å². The number of ether oxygens (including phenoxy) is 3. The molecule has 0 aliphatic carbocycles. The first-order chi connectivity index (χ1) is 12.4. The van der Waals surface area contributed by atoms with Crippen molar-refractivity contribution in [1.29, 1.82) is 0 Å². The predicted octanol–water partition coefficient (Wildman–Crippen LogP) is -1.69. The summed E-state index contributed by atoms with van der Waals surface area (Å²) in [6, 6.07) is 7.15. The molecule has 0 saturated carbocycles. The van der Waals surface area contributed by atoms with Gasteiger partial charge >= 0.3 is 0 Å². The topological polar surface area (TPSA) is 138 Å². The lowest BCUT2D eigenvalue weighted by Crippen LogP contribution is -2.60. The number of carbonyl (C=O) groups excluding carboxylic acids is 1. The lowest BCUT2D eigenvalue weighted by molar-refractivity contribution is -0.277. The van der Waals surface area contributed by atoms with Crippen LogP contribution in [0.3, 0.4) is 0 Å². The summed E-state index contributed by atoms with van der Waals surface area (Å²) in [4.78, 5) is 10.2. The van der Waals surface area contributed by atoms with Crippen molar-refractivity contribution in [2.75, 3.05) is 26.4 Å². The highest BCUT2D eigenvalue weighted by Gasteiger charge is 2.44. The van der Waals surface area contributed by atoms with Crippen LogP contribution in [0.25, 0.3) is 0 Å². The Balaban J connectivity index is 0.000000290. The Labute approximate surface area is 151 Å². The Morgan fingerprint density at radius 3 is 2.46 bits per heavy atom. The van der Waals surface area contributed by atoms with Crippen LogP contribution in [0.4, 0.5) is 0 Å². The van der Waals surface area contributed by atoms with E-state index < -0.39 is 37.3 Å². The molecule has 2 saturated heterocycles. The van der Waals surface area contributed by atoms with Crippen LogP contribution < -0.4 is 10.1 Å². The number of rotatable bonds is 3. The highest BCUT2D eigenvalue weighted by Crippen LogP contribution is 2.25. The Kier molecular flexibility index (Phi) is 7.76. The SMILES string of the molecule is Cc1ccccc1OC1OC(CO)[C@@H](O)C(O)[C@H]1O.O=C1COCCN1. The fourth-order valence-electron chi connectivity index (χ4n) is 2.46. The molecular weight excluding hydrogens is 346 g/mol. The van der Waals surface area contributed by atoms with Gasteiger partial charge in [-0.05, 0) is 18.6 Å². The second kappa shape index (κ2) is 9.81. The van der Waals surface area contributed by atoms with Gasteiger partial charge in [0.15, 0.2) is 0 Å². The van der Waals surface area contributed by atoms with Gasteiger partial charge in [0.1, 0.15) is 36.8 Å². The third-order valence-corrected chi connectivity index (χ3v) is 3.99. The van der Waals surface area contributed by atoms with Gasteiger partial charge in [-0.15, -0.1) is 0 Å². The highest BCUT2D eigenvalue weighted by atomic mass is 16.7. The van der Waals surface area contributed by atoms with Crippen molar-refractivity contribution >= 4 is 5.91 Å². The second-order valence-corrected chi connectivity index (χ2v) is 5.98. The van der Waals surface area contributed by atoms with Crippen molar-refractivity contribution in [2.45, 2.75) is 37.6 Å². The van der Waals surface area contributed by atoms with Gasteiger partial charge < -0.3 is 40.0 Å². The van der Waals surface area contributed by atoms with Gasteiger partial charge in [-0.2, -0.15) is 0 Å². The highest BCUT2D eigenvalue weighted by molar-refractivity contribution is 5.77. The van der Waals surface area contributed by atoms with Crippen molar-refractivity contribution < 1.29 is 39.4 Å². The zero-order valence-corrected chi connectivity index (χ0v) is 14.4. The predicted molar refractivity (Wildman–Crippen MR) is 89.4 cm³/mol. The molecule has 0 spiro atoms. The number of hydrogen-bond acceptors (Lipinski definition) is 8. The Morgan fingerprint density at radius 2 is 1.92 bits per heavy atom. The maximum atomic E-state index is 10.2. The molecule has 26 heavy (non-hydrogen) atoms. The average Bonchev–Trinajstić information content (AvgIpc) is 2.65. The van der Waals surface area contributed by atoms with Crippen LogP contribution in [0, 0.1) is 6.92 Å². The Morgan fingerprint density at radius 1 is 1.19 bits per heavy atom. The fraction of sp³-hybridized carbons (Fsp3) is 0.588. The minimum Gasteiger partial charge on any atom is -0.462 e. The zero-order chi connectivity index (χ0) is 19.1. The molecule has 9 heteroatoms. The number of aryl methyl sites for hydroxylation is 1. The minimum atomic E-state index is -1.43. The summed E-state index contributed by atoms with van der Waals surface area (Å²) in [6.45, 7) is 2.92. The van der Waals surface area contributed by atoms with E-state index in [-0.39, 0.29) is 12.5 Å². The number of aliphatic hydroxyl groups excluding tert-OH is 4. The molecule has 1 amide bonds. The van der Waals surface area contributed by atoms with Gasteiger partial charge in [0.2, 0.25) is 12.2 Å². The molecule has 2 aliphatic rings. The molecule has 2 heterocycles. The zero-order valence-electron chi connectivity index (χ0n) is 14.4. The van der Waals surface area contributed by atoms with Gasteiger partial charge in [-0.3, -0.25) is 4.79 Å². The number of amides is 1. The third kappa shape index (κ3) is 5.37. The van der Waals surface area contributed by atoms with E-state index >= 15 is 0 Å². The molecular formula is C17H25NO8. The van der Waals surface area contributed by atoms with Crippen molar-refractivity contribution in [3.8, 4) is 5.75 Å². The van der Waals surface area contributed by atoms with E-state index in [4.69, 9.17) is 19.3 Å². The molecule has 1 aromatic carbocycles. The average molecular weight is 371 g/mol. The summed E-state index contributed by atoms with van der Waals surface area (Å²) in [5.41, 5.74) is 0.847. The number of hydrogen-bond donors (Lipinski definition) is 5. The standard InChI is InChI=1S/C13H18O6.C4H7NO2/c1-7-4-2-3-5-8(7)18-13-12(17)11(16)10(15)9(6-14)19-13;6-4-3-7-2-1-5-4/h2-5,9-17H,6H2,1H3;1-3H2,(H,5,6)/t9?,10-,11?,12-,13?;/m1./s1. The number of aliphatic hydroxyl groups is 4. The van der Waals surface area contributed by atoms with E-state index in [2.05, 4.69) is 5.32 Å². The molecule has 2 aliphatic heterocycles. The van der Waals surface area contributed by atoms with Gasteiger partial charge in [0.25, 0.3) is 0 Å². The maximum absolute atomic E-state index is 10.2. The van der Waals surface area contributed by atoms with Crippen molar-refractivity contribution in [3.63, 3.8) is 0 Å².